The number of nitrogens with one attached hydrogen (secondary N) is 1. The highest BCUT2D eigenvalue weighted by Crippen LogP contribution is 2.14. The van der Waals surface area contributed by atoms with Gasteiger partial charge in [-0.3, -0.25) is 0 Å². The average Bonchev–Trinajstić information content (AvgIpc) is 1.97. The second-order valence-corrected chi connectivity index (χ2v) is 2.81. The van der Waals surface area contributed by atoms with Crippen LogP contribution in [0.1, 0.15) is 0 Å². The van der Waals surface area contributed by atoms with E-state index in [0.717, 1.165) is 18.8 Å². The fourth-order valence-electron chi connectivity index (χ4n) is 1.04. The van der Waals surface area contributed by atoms with Gasteiger partial charge in [-0.2, -0.15) is 0 Å². The van der Waals surface area contributed by atoms with Gasteiger partial charge in [0.2, 0.25) is 0 Å². The summed E-state index contributed by atoms with van der Waals surface area (Å²) in [5.74, 6) is 1.30. The van der Waals surface area contributed by atoms with Crippen LogP contribution in [0.5, 0.6) is 5.75 Å². The van der Waals surface area contributed by atoms with Crippen molar-refractivity contribution in [3.05, 3.63) is 18.3 Å². The molecule has 0 radical (unpaired) electrons. The number of hydrogen-bond donors (Lipinski definition) is 2. The van der Waals surface area contributed by atoms with E-state index in [9.17, 15) is 0 Å². The summed E-state index contributed by atoms with van der Waals surface area (Å²) in [6.07, 6.45) is 1.95. The van der Waals surface area contributed by atoms with Crippen LogP contribution in [0, 0.1) is 0 Å². The number of ether oxygens (including phenoxy) is 1. The molecule has 0 unspecified atom stereocenters. The lowest BCUT2D eigenvalue weighted by molar-refractivity contribution is 0.142. The summed E-state index contributed by atoms with van der Waals surface area (Å²) in [5, 5.41) is 3.12. The minimum atomic E-state index is 0.298. The lowest BCUT2D eigenvalue weighted by atomic mass is 10.2. The van der Waals surface area contributed by atoms with Crippen LogP contribution in [0.25, 0.3) is 0 Å². The van der Waals surface area contributed by atoms with Gasteiger partial charge in [-0.25, -0.2) is 4.98 Å². The summed E-state index contributed by atoms with van der Waals surface area (Å²) >= 11 is 0. The molecule has 12 heavy (non-hydrogen) atoms. The van der Waals surface area contributed by atoms with Gasteiger partial charge in [0.25, 0.3) is 0 Å². The van der Waals surface area contributed by atoms with Gasteiger partial charge in [0.05, 0.1) is 0 Å². The first-order chi connectivity index (χ1) is 5.84. The number of anilines is 1. The minimum Gasteiger partial charge on any atom is -0.488 e. The Labute approximate surface area is 70.7 Å². The quantitative estimate of drug-likeness (QED) is 0.648. The highest BCUT2D eigenvalue weighted by atomic mass is 16.5. The Morgan fingerprint density at radius 1 is 1.58 bits per heavy atom. The normalized spacial score (nSPS) is 17.0. The molecule has 0 aliphatic carbocycles. The van der Waals surface area contributed by atoms with Gasteiger partial charge in [0.1, 0.15) is 17.7 Å². The Morgan fingerprint density at radius 3 is 3.00 bits per heavy atom. The van der Waals surface area contributed by atoms with E-state index in [2.05, 4.69) is 10.3 Å². The van der Waals surface area contributed by atoms with Crippen molar-refractivity contribution in [2.75, 3.05) is 18.8 Å². The number of rotatable bonds is 2. The van der Waals surface area contributed by atoms with Crippen LogP contribution >= 0.6 is 0 Å². The Bertz CT molecular complexity index is 273. The first-order valence-electron chi connectivity index (χ1n) is 3.93. The van der Waals surface area contributed by atoms with E-state index in [-0.39, 0.29) is 0 Å². The van der Waals surface area contributed by atoms with Gasteiger partial charge < -0.3 is 15.8 Å². The maximum Gasteiger partial charge on any atom is 0.126 e. The van der Waals surface area contributed by atoms with Crippen LogP contribution < -0.4 is 15.8 Å². The molecule has 0 saturated carbocycles. The van der Waals surface area contributed by atoms with Gasteiger partial charge >= 0.3 is 0 Å². The van der Waals surface area contributed by atoms with E-state index in [1.807, 2.05) is 6.07 Å². The molecule has 1 fully saturated rings. The molecule has 0 aromatic carbocycles. The van der Waals surface area contributed by atoms with Crippen LogP contribution in [0.2, 0.25) is 0 Å². The monoisotopic (exact) mass is 165 g/mol. The number of hydrogen-bond acceptors (Lipinski definition) is 4. The molecule has 0 amide bonds. The van der Waals surface area contributed by atoms with Gasteiger partial charge in [-0.05, 0) is 6.07 Å². The molecule has 1 aromatic heterocycles. The number of pyridine rings is 1. The zero-order valence-corrected chi connectivity index (χ0v) is 6.66. The fraction of sp³-hybridized carbons (Fsp3) is 0.375. The molecule has 64 valence electrons. The molecule has 1 saturated heterocycles. The smallest absolute Gasteiger partial charge is 0.126 e. The van der Waals surface area contributed by atoms with Crippen LogP contribution in [0.4, 0.5) is 5.82 Å². The standard InChI is InChI=1S/C8H11N3O/c9-8-3-6(1-2-11-8)12-7-4-10-5-7/h1-3,7,10H,4-5H2,(H2,9,11). The highest BCUT2D eigenvalue weighted by molar-refractivity contribution is 5.35. The van der Waals surface area contributed by atoms with Crippen molar-refractivity contribution in [1.82, 2.24) is 10.3 Å². The second-order valence-electron chi connectivity index (χ2n) is 2.81. The Balaban J connectivity index is 2.02. The van der Waals surface area contributed by atoms with E-state index in [4.69, 9.17) is 10.5 Å². The van der Waals surface area contributed by atoms with Gasteiger partial charge in [-0.1, -0.05) is 0 Å². The average molecular weight is 165 g/mol. The SMILES string of the molecule is Nc1cc(OC2CNC2)ccn1. The van der Waals surface area contributed by atoms with Gasteiger partial charge in [0, 0.05) is 25.4 Å². The molecule has 4 heteroatoms. The molecular formula is C8H11N3O. The van der Waals surface area contributed by atoms with Crippen LogP contribution in [-0.2, 0) is 0 Å². The van der Waals surface area contributed by atoms with Crippen molar-refractivity contribution >= 4 is 5.82 Å². The summed E-state index contributed by atoms with van der Waals surface area (Å²) in [5.41, 5.74) is 5.49. The summed E-state index contributed by atoms with van der Waals surface area (Å²) in [6, 6.07) is 3.55. The van der Waals surface area contributed by atoms with Crippen molar-refractivity contribution in [2.45, 2.75) is 6.10 Å². The van der Waals surface area contributed by atoms with Gasteiger partial charge in [0.15, 0.2) is 0 Å². The first-order valence-corrected chi connectivity index (χ1v) is 3.93. The summed E-state index contributed by atoms with van der Waals surface area (Å²) in [6.45, 7) is 1.84. The molecule has 2 heterocycles. The molecule has 3 N–H and O–H groups in total. The zero-order chi connectivity index (χ0) is 8.39. The molecule has 0 bridgehead atoms. The Morgan fingerprint density at radius 2 is 2.42 bits per heavy atom. The number of nitrogens with zero attached hydrogens (tertiary/aromatic N) is 1. The molecule has 4 nitrogen and oxygen atoms in total. The maximum atomic E-state index is 5.55. The maximum absolute atomic E-state index is 5.55. The van der Waals surface area contributed by atoms with Crippen molar-refractivity contribution in [2.24, 2.45) is 0 Å². The van der Waals surface area contributed by atoms with Crippen molar-refractivity contribution in [1.29, 1.82) is 0 Å². The number of nitrogen functional groups attached to an aromatic ring is 1. The van der Waals surface area contributed by atoms with Crippen LogP contribution in [0.3, 0.4) is 0 Å². The molecule has 2 rings (SSSR count). The molecule has 0 spiro atoms. The van der Waals surface area contributed by atoms with Crippen molar-refractivity contribution < 1.29 is 4.74 Å². The molecular weight excluding hydrogens is 154 g/mol. The van der Waals surface area contributed by atoms with Crippen molar-refractivity contribution in [3.8, 4) is 5.75 Å². The number of aromatic nitrogens is 1. The lowest BCUT2D eigenvalue weighted by Crippen LogP contribution is -2.50. The first kappa shape index (κ1) is 7.36. The van der Waals surface area contributed by atoms with E-state index in [1.165, 1.54) is 0 Å². The van der Waals surface area contributed by atoms with E-state index in [0.29, 0.717) is 11.9 Å². The van der Waals surface area contributed by atoms with E-state index >= 15 is 0 Å². The zero-order valence-electron chi connectivity index (χ0n) is 6.66. The van der Waals surface area contributed by atoms with Gasteiger partial charge in [-0.15, -0.1) is 0 Å². The molecule has 0 atom stereocenters. The van der Waals surface area contributed by atoms with Crippen LogP contribution in [-0.4, -0.2) is 24.2 Å². The molecule has 1 aromatic rings. The Kier molecular flexibility index (Phi) is 1.83. The highest BCUT2D eigenvalue weighted by Gasteiger charge is 2.17. The lowest BCUT2D eigenvalue weighted by Gasteiger charge is -2.27. The largest absolute Gasteiger partial charge is 0.488 e. The fourth-order valence-corrected chi connectivity index (χ4v) is 1.04. The summed E-state index contributed by atoms with van der Waals surface area (Å²) < 4.78 is 5.55. The molecule has 1 aliphatic rings. The number of nitrogens with two attached hydrogens (primary N) is 1. The third-order valence-corrected chi connectivity index (χ3v) is 1.80. The van der Waals surface area contributed by atoms with E-state index in [1.54, 1.807) is 12.3 Å². The summed E-state index contributed by atoms with van der Waals surface area (Å²) in [7, 11) is 0. The second kappa shape index (κ2) is 2.98. The third kappa shape index (κ3) is 1.48. The topological polar surface area (TPSA) is 60.2 Å². The predicted molar refractivity (Wildman–Crippen MR) is 45.9 cm³/mol. The Hall–Kier alpha value is -1.29. The predicted octanol–water partition coefficient (Wildman–Crippen LogP) is 0.0144. The summed E-state index contributed by atoms with van der Waals surface area (Å²) in [4.78, 5) is 3.87. The molecule has 1 aliphatic heterocycles. The van der Waals surface area contributed by atoms with Crippen molar-refractivity contribution in [3.63, 3.8) is 0 Å². The van der Waals surface area contributed by atoms with Crippen LogP contribution in [0.15, 0.2) is 18.3 Å². The third-order valence-electron chi connectivity index (χ3n) is 1.80. The van der Waals surface area contributed by atoms with E-state index < -0.39 is 0 Å². The minimum absolute atomic E-state index is 0.298.